The average molecular weight is 339 g/mol. The summed E-state index contributed by atoms with van der Waals surface area (Å²) >= 11 is 0. The number of carboxylic acid groups (broad SMARTS) is 1. The number of aliphatic carboxylic acids is 1. The molecule has 9 nitrogen and oxygen atoms in total. The minimum absolute atomic E-state index is 0.124. The predicted molar refractivity (Wildman–Crippen MR) is 79.7 cm³/mol. The van der Waals surface area contributed by atoms with Gasteiger partial charge in [-0.05, 0) is 31.0 Å². The monoisotopic (exact) mass is 339 g/mol. The Kier molecular flexibility index (Phi) is 3.57. The molecule has 0 spiro atoms. The molecule has 1 saturated heterocycles. The Labute approximate surface area is 129 Å². The molecule has 3 rings (SSSR count). The van der Waals surface area contributed by atoms with E-state index in [1.54, 1.807) is 0 Å². The Morgan fingerprint density at radius 1 is 1.17 bits per heavy atom. The van der Waals surface area contributed by atoms with Crippen LogP contribution in [-0.2, 0) is 14.8 Å². The third-order valence-electron chi connectivity index (χ3n) is 3.79. The number of nitrogens with zero attached hydrogens (tertiary/aromatic N) is 1. The average Bonchev–Trinajstić information content (AvgIpc) is 2.98. The highest BCUT2D eigenvalue weighted by atomic mass is 32.2. The van der Waals surface area contributed by atoms with E-state index in [-0.39, 0.29) is 28.9 Å². The molecule has 1 aliphatic rings. The van der Waals surface area contributed by atoms with Gasteiger partial charge in [-0.25, -0.2) is 8.42 Å². The minimum atomic E-state index is -4.01. The lowest BCUT2D eigenvalue weighted by Crippen LogP contribution is -2.40. The van der Waals surface area contributed by atoms with Gasteiger partial charge in [0.05, 0.1) is 15.9 Å². The largest absolute Gasteiger partial charge is 0.480 e. The molecule has 122 valence electrons. The third kappa shape index (κ3) is 2.55. The van der Waals surface area contributed by atoms with Gasteiger partial charge in [-0.1, -0.05) is 0 Å². The van der Waals surface area contributed by atoms with Crippen LogP contribution in [0.2, 0.25) is 0 Å². The van der Waals surface area contributed by atoms with Gasteiger partial charge in [0, 0.05) is 6.54 Å². The van der Waals surface area contributed by atoms with Crippen molar-refractivity contribution in [1.29, 1.82) is 0 Å². The summed E-state index contributed by atoms with van der Waals surface area (Å²) in [5.74, 6) is -1.19. The van der Waals surface area contributed by atoms with Crippen LogP contribution in [0.25, 0.3) is 11.0 Å². The molecule has 1 atom stereocenters. The molecule has 0 unspecified atom stereocenters. The van der Waals surface area contributed by atoms with Crippen molar-refractivity contribution in [3.8, 4) is 0 Å². The summed E-state index contributed by atoms with van der Waals surface area (Å²) in [5.41, 5.74) is -1.29. The zero-order valence-electron chi connectivity index (χ0n) is 11.8. The topological polar surface area (TPSA) is 140 Å². The standard InChI is InChI=1S/C13H13N3O6S/c17-11-12(18)15-9-6-7(3-4-8(9)14-11)23(21,22)16-5-1-2-10(16)13(19)20/h3-4,6,10H,1-2,5H2,(H,14,17)(H,15,18)(H,19,20)/t10-/m1/s1. The second-order valence-corrected chi connectivity index (χ2v) is 7.12. The van der Waals surface area contributed by atoms with Gasteiger partial charge in [-0.3, -0.25) is 14.4 Å². The Bertz CT molecular complexity index is 1010. The van der Waals surface area contributed by atoms with Gasteiger partial charge in [0.25, 0.3) is 0 Å². The molecule has 1 aromatic carbocycles. The molecule has 0 saturated carbocycles. The molecule has 2 heterocycles. The van der Waals surface area contributed by atoms with Crippen molar-refractivity contribution in [3.63, 3.8) is 0 Å². The molecule has 1 fully saturated rings. The molecule has 0 radical (unpaired) electrons. The van der Waals surface area contributed by atoms with E-state index in [4.69, 9.17) is 5.11 Å². The fraction of sp³-hybridized carbons (Fsp3) is 0.308. The number of nitrogens with one attached hydrogen (secondary N) is 2. The Morgan fingerprint density at radius 3 is 2.48 bits per heavy atom. The highest BCUT2D eigenvalue weighted by molar-refractivity contribution is 7.89. The quantitative estimate of drug-likeness (QED) is 0.641. The zero-order chi connectivity index (χ0) is 16.8. The number of carbonyl (C=O) groups is 1. The normalized spacial score (nSPS) is 19.2. The maximum absolute atomic E-state index is 12.6. The number of benzene rings is 1. The van der Waals surface area contributed by atoms with E-state index in [2.05, 4.69) is 9.97 Å². The van der Waals surface area contributed by atoms with Crippen molar-refractivity contribution in [2.24, 2.45) is 0 Å². The lowest BCUT2D eigenvalue weighted by molar-refractivity contribution is -0.140. The van der Waals surface area contributed by atoms with Crippen LogP contribution in [0.4, 0.5) is 0 Å². The van der Waals surface area contributed by atoms with E-state index in [1.807, 2.05) is 0 Å². The van der Waals surface area contributed by atoms with E-state index < -0.39 is 33.2 Å². The summed E-state index contributed by atoms with van der Waals surface area (Å²) in [5, 5.41) is 9.14. The second-order valence-electron chi connectivity index (χ2n) is 5.23. The van der Waals surface area contributed by atoms with E-state index in [9.17, 15) is 22.8 Å². The van der Waals surface area contributed by atoms with Crippen molar-refractivity contribution >= 4 is 27.0 Å². The van der Waals surface area contributed by atoms with Gasteiger partial charge in [-0.15, -0.1) is 0 Å². The molecule has 10 heteroatoms. The first-order chi connectivity index (χ1) is 10.8. The molecule has 0 amide bonds. The van der Waals surface area contributed by atoms with Crippen LogP contribution >= 0.6 is 0 Å². The molecule has 0 bridgehead atoms. The number of aromatic amines is 2. The van der Waals surface area contributed by atoms with E-state index in [1.165, 1.54) is 18.2 Å². The molecule has 23 heavy (non-hydrogen) atoms. The van der Waals surface area contributed by atoms with Crippen LogP contribution in [0.15, 0.2) is 32.7 Å². The van der Waals surface area contributed by atoms with E-state index in [0.717, 1.165) is 4.31 Å². The maximum Gasteiger partial charge on any atom is 0.322 e. The summed E-state index contributed by atoms with van der Waals surface area (Å²) in [7, 11) is -4.01. The Morgan fingerprint density at radius 2 is 1.83 bits per heavy atom. The number of carboxylic acids is 1. The molecule has 2 aromatic rings. The number of fused-ring (bicyclic) bond motifs is 1. The summed E-state index contributed by atoms with van der Waals surface area (Å²) in [6.45, 7) is 0.124. The van der Waals surface area contributed by atoms with E-state index in [0.29, 0.717) is 6.42 Å². The summed E-state index contributed by atoms with van der Waals surface area (Å²) in [6, 6.07) is 2.73. The summed E-state index contributed by atoms with van der Waals surface area (Å²) in [6.07, 6.45) is 0.722. The second kappa shape index (κ2) is 5.32. The lowest BCUT2D eigenvalue weighted by Gasteiger charge is -2.21. The van der Waals surface area contributed by atoms with Crippen LogP contribution < -0.4 is 11.1 Å². The molecular formula is C13H13N3O6S. The summed E-state index contributed by atoms with van der Waals surface area (Å²) in [4.78, 5) is 38.3. The molecular weight excluding hydrogens is 326 g/mol. The SMILES string of the molecule is O=C(O)[C@H]1CCCN1S(=O)(=O)c1ccc2[nH]c(=O)c(=O)[nH]c2c1. The van der Waals surface area contributed by atoms with Crippen molar-refractivity contribution in [1.82, 2.24) is 14.3 Å². The highest BCUT2D eigenvalue weighted by Crippen LogP contribution is 2.27. The van der Waals surface area contributed by atoms with Gasteiger partial charge < -0.3 is 15.1 Å². The first-order valence-electron chi connectivity index (χ1n) is 6.82. The lowest BCUT2D eigenvalue weighted by atomic mass is 10.2. The predicted octanol–water partition coefficient (Wildman–Crippen LogP) is -0.546. The third-order valence-corrected chi connectivity index (χ3v) is 5.69. The number of hydrogen-bond acceptors (Lipinski definition) is 5. The maximum atomic E-state index is 12.6. The number of H-pyrrole nitrogens is 2. The van der Waals surface area contributed by atoms with Gasteiger partial charge in [0.2, 0.25) is 10.0 Å². The number of sulfonamides is 1. The van der Waals surface area contributed by atoms with Crippen molar-refractivity contribution in [2.75, 3.05) is 6.54 Å². The minimum Gasteiger partial charge on any atom is -0.480 e. The number of aromatic nitrogens is 2. The molecule has 1 aliphatic heterocycles. The number of hydrogen-bond donors (Lipinski definition) is 3. The molecule has 1 aromatic heterocycles. The fourth-order valence-corrected chi connectivity index (χ4v) is 4.34. The zero-order valence-corrected chi connectivity index (χ0v) is 12.6. The Balaban J connectivity index is 2.11. The summed E-state index contributed by atoms with van der Waals surface area (Å²) < 4.78 is 26.2. The molecule has 0 aliphatic carbocycles. The van der Waals surface area contributed by atoms with E-state index >= 15 is 0 Å². The van der Waals surface area contributed by atoms with Crippen LogP contribution in [0, 0.1) is 0 Å². The smallest absolute Gasteiger partial charge is 0.322 e. The molecule has 3 N–H and O–H groups in total. The van der Waals surface area contributed by atoms with Gasteiger partial charge in [0.1, 0.15) is 6.04 Å². The first-order valence-corrected chi connectivity index (χ1v) is 8.26. The van der Waals surface area contributed by atoms with Crippen LogP contribution in [0.1, 0.15) is 12.8 Å². The van der Waals surface area contributed by atoms with Crippen LogP contribution in [0.5, 0.6) is 0 Å². The first kappa shape index (κ1) is 15.4. The van der Waals surface area contributed by atoms with Crippen molar-refractivity contribution in [2.45, 2.75) is 23.8 Å². The highest BCUT2D eigenvalue weighted by Gasteiger charge is 2.39. The van der Waals surface area contributed by atoms with Crippen molar-refractivity contribution < 1.29 is 18.3 Å². The van der Waals surface area contributed by atoms with Crippen LogP contribution in [0.3, 0.4) is 0 Å². The Hall–Kier alpha value is -2.46. The van der Waals surface area contributed by atoms with Gasteiger partial charge in [0.15, 0.2) is 0 Å². The fourth-order valence-electron chi connectivity index (χ4n) is 2.66. The number of rotatable bonds is 3. The van der Waals surface area contributed by atoms with Crippen LogP contribution in [-0.4, -0.2) is 46.4 Å². The van der Waals surface area contributed by atoms with Gasteiger partial charge in [-0.2, -0.15) is 4.31 Å². The van der Waals surface area contributed by atoms with Gasteiger partial charge >= 0.3 is 17.1 Å². The van der Waals surface area contributed by atoms with Crippen molar-refractivity contribution in [3.05, 3.63) is 38.9 Å².